The summed E-state index contributed by atoms with van der Waals surface area (Å²) in [4.78, 5) is 0. The molecule has 17 heavy (non-hydrogen) atoms. The fourth-order valence-electron chi connectivity index (χ4n) is 2.54. The summed E-state index contributed by atoms with van der Waals surface area (Å²) >= 11 is 0. The molecule has 2 heterocycles. The van der Waals surface area contributed by atoms with E-state index in [4.69, 9.17) is 0 Å². The molecule has 1 aromatic heterocycles. The van der Waals surface area contributed by atoms with Crippen LogP contribution in [0.1, 0.15) is 29.7 Å². The Morgan fingerprint density at radius 3 is 3.18 bits per heavy atom. The Kier molecular flexibility index (Phi) is 2.65. The topological polar surface area (TPSA) is 42.7 Å². The third kappa shape index (κ3) is 1.74. The Morgan fingerprint density at radius 2 is 2.29 bits per heavy atom. The number of rotatable bonds is 2. The van der Waals surface area contributed by atoms with Crippen molar-refractivity contribution in [2.75, 3.05) is 6.54 Å². The van der Waals surface area contributed by atoms with E-state index in [1.54, 1.807) is 0 Å². The van der Waals surface area contributed by atoms with Gasteiger partial charge in [-0.05, 0) is 18.1 Å². The van der Waals surface area contributed by atoms with Crippen molar-refractivity contribution in [3.05, 3.63) is 47.3 Å². The highest BCUT2D eigenvalue weighted by Gasteiger charge is 2.24. The van der Waals surface area contributed by atoms with Gasteiger partial charge < -0.3 is 5.32 Å². The van der Waals surface area contributed by atoms with E-state index >= 15 is 0 Å². The zero-order valence-electron chi connectivity index (χ0n) is 9.93. The summed E-state index contributed by atoms with van der Waals surface area (Å²) in [5.41, 5.74) is 3.99. The predicted molar refractivity (Wildman–Crippen MR) is 65.7 cm³/mol. The van der Waals surface area contributed by atoms with Gasteiger partial charge in [0.15, 0.2) is 0 Å². The minimum Gasteiger partial charge on any atom is -0.312 e. The SMILES string of the molecule is CCn1nncc1C1CNCc2ccccc21. The molecule has 0 bridgehead atoms. The molecule has 2 aromatic rings. The van der Waals surface area contributed by atoms with E-state index in [0.717, 1.165) is 19.6 Å². The van der Waals surface area contributed by atoms with Crippen molar-refractivity contribution in [2.24, 2.45) is 0 Å². The fraction of sp³-hybridized carbons (Fsp3) is 0.385. The van der Waals surface area contributed by atoms with Crippen LogP contribution < -0.4 is 5.32 Å². The second-order valence-corrected chi connectivity index (χ2v) is 4.36. The first-order valence-corrected chi connectivity index (χ1v) is 6.07. The maximum atomic E-state index is 4.12. The highest BCUT2D eigenvalue weighted by Crippen LogP contribution is 2.29. The van der Waals surface area contributed by atoms with Crippen LogP contribution in [0.4, 0.5) is 0 Å². The Balaban J connectivity index is 2.06. The largest absolute Gasteiger partial charge is 0.312 e. The summed E-state index contributed by atoms with van der Waals surface area (Å²) in [6, 6.07) is 8.61. The molecule has 4 heteroatoms. The molecular weight excluding hydrogens is 212 g/mol. The van der Waals surface area contributed by atoms with Gasteiger partial charge in [-0.1, -0.05) is 29.5 Å². The number of benzene rings is 1. The molecule has 0 saturated heterocycles. The Bertz CT molecular complexity index is 518. The molecule has 1 atom stereocenters. The number of aromatic nitrogens is 3. The van der Waals surface area contributed by atoms with Crippen LogP contribution in [0.5, 0.6) is 0 Å². The number of fused-ring (bicyclic) bond motifs is 1. The lowest BCUT2D eigenvalue weighted by Gasteiger charge is -2.26. The lowest BCUT2D eigenvalue weighted by atomic mass is 9.89. The first-order chi connectivity index (χ1) is 8.40. The van der Waals surface area contributed by atoms with Crippen LogP contribution in [0.3, 0.4) is 0 Å². The van der Waals surface area contributed by atoms with Gasteiger partial charge in [-0.15, -0.1) is 5.10 Å². The fourth-order valence-corrected chi connectivity index (χ4v) is 2.54. The standard InChI is InChI=1S/C13H16N4/c1-2-17-13(9-15-16-17)12-8-14-7-10-5-3-4-6-11(10)12/h3-6,9,12,14H,2,7-8H2,1H3. The first kappa shape index (κ1) is 10.5. The molecule has 1 aliphatic rings. The third-order valence-electron chi connectivity index (χ3n) is 3.40. The molecule has 0 radical (unpaired) electrons. The summed E-state index contributed by atoms with van der Waals surface area (Å²) < 4.78 is 1.98. The van der Waals surface area contributed by atoms with Crippen LogP contribution in [0.25, 0.3) is 0 Å². The van der Waals surface area contributed by atoms with Crippen LogP contribution in [-0.2, 0) is 13.1 Å². The first-order valence-electron chi connectivity index (χ1n) is 6.07. The van der Waals surface area contributed by atoms with Crippen LogP contribution in [0.2, 0.25) is 0 Å². The quantitative estimate of drug-likeness (QED) is 0.847. The monoisotopic (exact) mass is 228 g/mol. The maximum absolute atomic E-state index is 4.12. The van der Waals surface area contributed by atoms with Crippen molar-refractivity contribution >= 4 is 0 Å². The van der Waals surface area contributed by atoms with Crippen molar-refractivity contribution < 1.29 is 0 Å². The van der Waals surface area contributed by atoms with Crippen molar-refractivity contribution in [2.45, 2.75) is 25.9 Å². The number of aryl methyl sites for hydroxylation is 1. The van der Waals surface area contributed by atoms with Crippen LogP contribution in [-0.4, -0.2) is 21.5 Å². The van der Waals surface area contributed by atoms with Gasteiger partial charge in [0.05, 0.1) is 11.9 Å². The third-order valence-corrected chi connectivity index (χ3v) is 3.40. The molecule has 88 valence electrons. The molecule has 4 nitrogen and oxygen atoms in total. The van der Waals surface area contributed by atoms with Gasteiger partial charge in [0.25, 0.3) is 0 Å². The van der Waals surface area contributed by atoms with E-state index in [9.17, 15) is 0 Å². The van der Waals surface area contributed by atoms with Crippen LogP contribution >= 0.6 is 0 Å². The summed E-state index contributed by atoms with van der Waals surface area (Å²) in [6.45, 7) is 4.89. The molecule has 0 fully saturated rings. The molecule has 1 aromatic carbocycles. The van der Waals surface area contributed by atoms with Crippen molar-refractivity contribution in [1.29, 1.82) is 0 Å². The van der Waals surface area contributed by atoms with Gasteiger partial charge in [-0.3, -0.25) is 0 Å². The predicted octanol–water partition coefficient (Wildman–Crippen LogP) is 1.53. The van der Waals surface area contributed by atoms with E-state index in [2.05, 4.69) is 46.8 Å². The number of nitrogens with one attached hydrogen (secondary N) is 1. The lowest BCUT2D eigenvalue weighted by Crippen LogP contribution is -2.30. The van der Waals surface area contributed by atoms with Gasteiger partial charge in [0.2, 0.25) is 0 Å². The average Bonchev–Trinajstić information content (AvgIpc) is 2.86. The highest BCUT2D eigenvalue weighted by atomic mass is 15.4. The van der Waals surface area contributed by atoms with E-state index in [1.807, 2.05) is 10.9 Å². The summed E-state index contributed by atoms with van der Waals surface area (Å²) in [7, 11) is 0. The van der Waals surface area contributed by atoms with Gasteiger partial charge in [-0.2, -0.15) is 0 Å². The maximum Gasteiger partial charge on any atom is 0.0732 e. The summed E-state index contributed by atoms with van der Waals surface area (Å²) in [5.74, 6) is 0.370. The molecule has 0 saturated carbocycles. The van der Waals surface area contributed by atoms with Gasteiger partial charge >= 0.3 is 0 Å². The Morgan fingerprint density at radius 1 is 1.41 bits per heavy atom. The lowest BCUT2D eigenvalue weighted by molar-refractivity contribution is 0.531. The van der Waals surface area contributed by atoms with Crippen molar-refractivity contribution in [1.82, 2.24) is 20.3 Å². The van der Waals surface area contributed by atoms with E-state index < -0.39 is 0 Å². The van der Waals surface area contributed by atoms with Crippen molar-refractivity contribution in [3.8, 4) is 0 Å². The van der Waals surface area contributed by atoms with Gasteiger partial charge in [0, 0.05) is 25.6 Å². The molecule has 1 unspecified atom stereocenters. The minimum atomic E-state index is 0.370. The number of hydrogen-bond donors (Lipinski definition) is 1. The second kappa shape index (κ2) is 4.30. The van der Waals surface area contributed by atoms with Crippen LogP contribution in [0, 0.1) is 0 Å². The molecule has 1 aliphatic heterocycles. The molecule has 0 aliphatic carbocycles. The molecule has 1 N–H and O–H groups in total. The average molecular weight is 228 g/mol. The summed E-state index contributed by atoms with van der Waals surface area (Å²) in [5, 5.41) is 11.6. The molecular formula is C13H16N4. The zero-order valence-corrected chi connectivity index (χ0v) is 9.93. The van der Waals surface area contributed by atoms with Crippen LogP contribution in [0.15, 0.2) is 30.5 Å². The number of nitrogens with zero attached hydrogens (tertiary/aromatic N) is 3. The normalized spacial score (nSPS) is 19.0. The summed E-state index contributed by atoms with van der Waals surface area (Å²) in [6.07, 6.45) is 1.89. The molecule has 0 amide bonds. The molecule has 3 rings (SSSR count). The zero-order chi connectivity index (χ0) is 11.7. The second-order valence-electron chi connectivity index (χ2n) is 4.36. The van der Waals surface area contributed by atoms with E-state index in [1.165, 1.54) is 16.8 Å². The van der Waals surface area contributed by atoms with Gasteiger partial charge in [-0.25, -0.2) is 4.68 Å². The van der Waals surface area contributed by atoms with Crippen molar-refractivity contribution in [3.63, 3.8) is 0 Å². The van der Waals surface area contributed by atoms with E-state index in [0.29, 0.717) is 5.92 Å². The molecule has 0 spiro atoms. The highest BCUT2D eigenvalue weighted by molar-refractivity contribution is 5.37. The smallest absolute Gasteiger partial charge is 0.0732 e. The van der Waals surface area contributed by atoms with Gasteiger partial charge in [0.1, 0.15) is 0 Å². The minimum absolute atomic E-state index is 0.370. The Hall–Kier alpha value is -1.68. The number of hydrogen-bond acceptors (Lipinski definition) is 3. The van der Waals surface area contributed by atoms with E-state index in [-0.39, 0.29) is 0 Å². The Labute approximate surface area is 101 Å².